The van der Waals surface area contributed by atoms with Crippen LogP contribution in [-0.4, -0.2) is 5.91 Å². The molecule has 0 unspecified atom stereocenters. The summed E-state index contributed by atoms with van der Waals surface area (Å²) in [6.45, 7) is 6.24. The van der Waals surface area contributed by atoms with E-state index in [0.717, 1.165) is 24.4 Å². The summed E-state index contributed by atoms with van der Waals surface area (Å²) in [7, 11) is 0. The van der Waals surface area contributed by atoms with Crippen LogP contribution in [0.4, 0.5) is 5.69 Å². The molecule has 3 rings (SSSR count). The lowest BCUT2D eigenvalue weighted by molar-refractivity contribution is 0.102. The first kappa shape index (κ1) is 18.0. The van der Waals surface area contributed by atoms with Gasteiger partial charge in [0.15, 0.2) is 0 Å². The Morgan fingerprint density at radius 1 is 1.16 bits per heavy atom. The maximum absolute atomic E-state index is 12.7. The summed E-state index contributed by atoms with van der Waals surface area (Å²) in [4.78, 5) is 12.7. The van der Waals surface area contributed by atoms with Gasteiger partial charge in [-0.25, -0.2) is 0 Å². The Balaban J connectivity index is 1.84. The molecule has 1 aliphatic carbocycles. The van der Waals surface area contributed by atoms with E-state index in [2.05, 4.69) is 26.1 Å². The second-order valence-corrected chi connectivity index (χ2v) is 7.61. The van der Waals surface area contributed by atoms with Gasteiger partial charge in [0.1, 0.15) is 0 Å². The number of aryl methyl sites for hydroxylation is 2. The van der Waals surface area contributed by atoms with Crippen molar-refractivity contribution in [2.45, 2.75) is 52.9 Å². The SMILES string of the molecule is CCc1c(Cl)cc(C(=O)Nc2ccc(C)c(C)c2)cc1CC1CCC1. The zero-order valence-electron chi connectivity index (χ0n) is 15.3. The van der Waals surface area contributed by atoms with Gasteiger partial charge in [-0.3, -0.25) is 4.79 Å². The van der Waals surface area contributed by atoms with Gasteiger partial charge < -0.3 is 5.32 Å². The van der Waals surface area contributed by atoms with Crippen LogP contribution in [0.25, 0.3) is 0 Å². The Morgan fingerprint density at radius 2 is 1.92 bits per heavy atom. The summed E-state index contributed by atoms with van der Waals surface area (Å²) in [5.74, 6) is 0.655. The van der Waals surface area contributed by atoms with E-state index in [4.69, 9.17) is 11.6 Å². The van der Waals surface area contributed by atoms with Crippen LogP contribution < -0.4 is 5.32 Å². The molecule has 0 aromatic heterocycles. The van der Waals surface area contributed by atoms with Crippen molar-refractivity contribution in [1.82, 2.24) is 0 Å². The first-order valence-corrected chi connectivity index (χ1v) is 9.55. The van der Waals surface area contributed by atoms with Crippen LogP contribution in [0.1, 0.15) is 58.8 Å². The molecule has 1 amide bonds. The highest BCUT2D eigenvalue weighted by atomic mass is 35.5. The molecule has 0 bridgehead atoms. The molecule has 0 spiro atoms. The van der Waals surface area contributed by atoms with E-state index >= 15 is 0 Å². The average molecular weight is 356 g/mol. The van der Waals surface area contributed by atoms with Gasteiger partial charge in [0.25, 0.3) is 5.91 Å². The minimum Gasteiger partial charge on any atom is -0.322 e. The number of benzene rings is 2. The molecular formula is C22H26ClNO. The summed E-state index contributed by atoms with van der Waals surface area (Å²) in [6.07, 6.45) is 5.85. The van der Waals surface area contributed by atoms with Crippen molar-refractivity contribution in [3.8, 4) is 0 Å². The van der Waals surface area contributed by atoms with Crippen molar-refractivity contribution in [2.75, 3.05) is 5.32 Å². The molecule has 0 saturated heterocycles. The number of carbonyl (C=O) groups is 1. The molecule has 0 atom stereocenters. The Hall–Kier alpha value is -1.80. The van der Waals surface area contributed by atoms with Crippen LogP contribution in [0.2, 0.25) is 5.02 Å². The summed E-state index contributed by atoms with van der Waals surface area (Å²) >= 11 is 6.49. The molecule has 1 aliphatic rings. The van der Waals surface area contributed by atoms with Gasteiger partial charge in [-0.2, -0.15) is 0 Å². The van der Waals surface area contributed by atoms with Gasteiger partial charge in [-0.1, -0.05) is 43.9 Å². The minimum atomic E-state index is -0.0948. The molecule has 25 heavy (non-hydrogen) atoms. The fourth-order valence-electron chi connectivity index (χ4n) is 3.43. The monoisotopic (exact) mass is 355 g/mol. The molecule has 0 heterocycles. The highest BCUT2D eigenvalue weighted by Gasteiger charge is 2.21. The van der Waals surface area contributed by atoms with Gasteiger partial charge in [0, 0.05) is 16.3 Å². The molecule has 3 heteroatoms. The molecule has 1 saturated carbocycles. The predicted molar refractivity (Wildman–Crippen MR) is 106 cm³/mol. The van der Waals surface area contributed by atoms with Crippen molar-refractivity contribution < 1.29 is 4.79 Å². The van der Waals surface area contributed by atoms with Gasteiger partial charge >= 0.3 is 0 Å². The van der Waals surface area contributed by atoms with Gasteiger partial charge in [-0.05, 0) is 79.1 Å². The van der Waals surface area contributed by atoms with Crippen LogP contribution in [0, 0.1) is 19.8 Å². The molecule has 132 valence electrons. The van der Waals surface area contributed by atoms with Crippen LogP contribution in [-0.2, 0) is 12.8 Å². The molecule has 1 N–H and O–H groups in total. The molecule has 2 aromatic rings. The minimum absolute atomic E-state index is 0.0948. The molecule has 0 radical (unpaired) electrons. The molecule has 1 fully saturated rings. The number of carbonyl (C=O) groups excluding carboxylic acids is 1. The Bertz CT molecular complexity index is 793. The maximum atomic E-state index is 12.7. The first-order valence-electron chi connectivity index (χ1n) is 9.17. The number of rotatable bonds is 5. The van der Waals surface area contributed by atoms with Crippen LogP contribution in [0.3, 0.4) is 0 Å². The highest BCUT2D eigenvalue weighted by Crippen LogP contribution is 2.33. The fraction of sp³-hybridized carbons (Fsp3) is 0.409. The van der Waals surface area contributed by atoms with Gasteiger partial charge in [0.05, 0.1) is 0 Å². The van der Waals surface area contributed by atoms with Crippen molar-refractivity contribution in [3.63, 3.8) is 0 Å². The standard InChI is InChI=1S/C22H26ClNO/c1-4-20-17(11-16-6-5-7-16)12-18(13-21(20)23)22(25)24-19-9-8-14(2)15(3)10-19/h8-10,12-13,16H,4-7,11H2,1-3H3,(H,24,25). The van der Waals surface area contributed by atoms with Crippen molar-refractivity contribution in [3.05, 3.63) is 63.2 Å². The maximum Gasteiger partial charge on any atom is 0.255 e. The second kappa shape index (κ2) is 7.61. The first-order chi connectivity index (χ1) is 12.0. The second-order valence-electron chi connectivity index (χ2n) is 7.20. The summed E-state index contributed by atoms with van der Waals surface area (Å²) in [6, 6.07) is 9.82. The topological polar surface area (TPSA) is 29.1 Å². The Labute approximate surface area is 155 Å². The summed E-state index contributed by atoms with van der Waals surface area (Å²) in [5, 5.41) is 3.71. The molecular weight excluding hydrogens is 330 g/mol. The summed E-state index contributed by atoms with van der Waals surface area (Å²) in [5.41, 5.74) is 6.29. The number of anilines is 1. The average Bonchev–Trinajstić information content (AvgIpc) is 2.54. The number of nitrogens with one attached hydrogen (secondary N) is 1. The molecule has 2 aromatic carbocycles. The third-order valence-electron chi connectivity index (χ3n) is 5.40. The molecule has 2 nitrogen and oxygen atoms in total. The van der Waals surface area contributed by atoms with E-state index in [1.54, 1.807) is 6.07 Å². The largest absolute Gasteiger partial charge is 0.322 e. The van der Waals surface area contributed by atoms with E-state index in [0.29, 0.717) is 10.6 Å². The zero-order chi connectivity index (χ0) is 18.0. The number of hydrogen-bond acceptors (Lipinski definition) is 1. The van der Waals surface area contributed by atoms with Crippen molar-refractivity contribution >= 4 is 23.2 Å². The van der Waals surface area contributed by atoms with E-state index in [1.807, 2.05) is 24.3 Å². The van der Waals surface area contributed by atoms with E-state index < -0.39 is 0 Å². The van der Waals surface area contributed by atoms with E-state index in [1.165, 1.54) is 41.5 Å². The van der Waals surface area contributed by atoms with Gasteiger partial charge in [0.2, 0.25) is 0 Å². The smallest absolute Gasteiger partial charge is 0.255 e. The lowest BCUT2D eigenvalue weighted by Crippen LogP contribution is -2.17. The Kier molecular flexibility index (Phi) is 5.48. The number of amides is 1. The highest BCUT2D eigenvalue weighted by molar-refractivity contribution is 6.32. The molecule has 0 aliphatic heterocycles. The quantitative estimate of drug-likeness (QED) is 0.688. The van der Waals surface area contributed by atoms with Crippen LogP contribution in [0.15, 0.2) is 30.3 Å². The lowest BCUT2D eigenvalue weighted by atomic mass is 9.79. The number of halogens is 1. The third-order valence-corrected chi connectivity index (χ3v) is 5.74. The summed E-state index contributed by atoms with van der Waals surface area (Å²) < 4.78 is 0. The van der Waals surface area contributed by atoms with Crippen LogP contribution in [0.5, 0.6) is 0 Å². The Morgan fingerprint density at radius 3 is 2.52 bits per heavy atom. The van der Waals surface area contributed by atoms with Crippen molar-refractivity contribution in [1.29, 1.82) is 0 Å². The van der Waals surface area contributed by atoms with E-state index in [9.17, 15) is 4.79 Å². The van der Waals surface area contributed by atoms with E-state index in [-0.39, 0.29) is 5.91 Å². The van der Waals surface area contributed by atoms with Crippen molar-refractivity contribution in [2.24, 2.45) is 5.92 Å². The number of hydrogen-bond donors (Lipinski definition) is 1. The van der Waals surface area contributed by atoms with Crippen LogP contribution >= 0.6 is 11.6 Å². The lowest BCUT2D eigenvalue weighted by Gasteiger charge is -2.26. The fourth-order valence-corrected chi connectivity index (χ4v) is 3.81. The zero-order valence-corrected chi connectivity index (χ0v) is 16.0. The predicted octanol–water partition coefficient (Wildman–Crippen LogP) is 6.11. The third kappa shape index (κ3) is 4.07. The van der Waals surface area contributed by atoms with Gasteiger partial charge in [-0.15, -0.1) is 0 Å². The normalized spacial score (nSPS) is 14.2.